The molecule has 2 aromatic rings. The van der Waals surface area contributed by atoms with Crippen LogP contribution >= 0.6 is 0 Å². The monoisotopic (exact) mass is 251 g/mol. The fraction of sp³-hybridized carbons (Fsp3) is 0.231. The average Bonchev–Trinajstić information content (AvgIpc) is 2.36. The number of halogens is 2. The number of hydrogen-bond donors (Lipinski definition) is 0. The van der Waals surface area contributed by atoms with E-state index in [4.69, 9.17) is 0 Å². The Kier molecular flexibility index (Phi) is 3.23. The van der Waals surface area contributed by atoms with E-state index in [9.17, 15) is 13.6 Å². The first-order chi connectivity index (χ1) is 8.49. The van der Waals surface area contributed by atoms with Gasteiger partial charge in [-0.25, -0.2) is 4.98 Å². The van der Waals surface area contributed by atoms with Crippen LogP contribution in [-0.2, 0) is 15.5 Å². The molecule has 0 radical (unpaired) electrons. The molecule has 0 spiro atoms. The van der Waals surface area contributed by atoms with E-state index >= 15 is 0 Å². The molecule has 0 unspecified atom stereocenters. The standard InChI is InChI=1S/C13H11F2NO2/c1-9(17)18-8-13(14,15)12-7-6-10-4-2-3-5-11(10)16-12/h2-7H,8H2,1H3. The maximum Gasteiger partial charge on any atom is 0.322 e. The summed E-state index contributed by atoms with van der Waals surface area (Å²) in [6.07, 6.45) is 0. The summed E-state index contributed by atoms with van der Waals surface area (Å²) in [6, 6.07) is 9.78. The van der Waals surface area contributed by atoms with Gasteiger partial charge in [-0.1, -0.05) is 24.3 Å². The first kappa shape index (κ1) is 12.4. The van der Waals surface area contributed by atoms with Crippen molar-refractivity contribution in [3.05, 3.63) is 42.1 Å². The number of hydrogen-bond acceptors (Lipinski definition) is 3. The van der Waals surface area contributed by atoms with Crippen LogP contribution in [-0.4, -0.2) is 17.6 Å². The van der Waals surface area contributed by atoms with Gasteiger partial charge in [0.25, 0.3) is 0 Å². The van der Waals surface area contributed by atoms with Crippen molar-refractivity contribution in [2.75, 3.05) is 6.61 Å². The molecular formula is C13H11F2NO2. The molecule has 94 valence electrons. The second-order valence-electron chi connectivity index (χ2n) is 3.87. The summed E-state index contributed by atoms with van der Waals surface area (Å²) in [5, 5.41) is 0.782. The lowest BCUT2D eigenvalue weighted by atomic mass is 10.1. The van der Waals surface area contributed by atoms with E-state index in [2.05, 4.69) is 9.72 Å². The van der Waals surface area contributed by atoms with Crippen LogP contribution in [0.15, 0.2) is 36.4 Å². The van der Waals surface area contributed by atoms with Crippen molar-refractivity contribution < 1.29 is 18.3 Å². The van der Waals surface area contributed by atoms with Gasteiger partial charge in [0.15, 0.2) is 6.61 Å². The normalized spacial score (nSPS) is 11.5. The van der Waals surface area contributed by atoms with E-state index in [0.29, 0.717) is 5.52 Å². The Bertz CT molecular complexity index is 584. The maximum absolute atomic E-state index is 13.7. The van der Waals surface area contributed by atoms with Crippen molar-refractivity contribution in [1.29, 1.82) is 0 Å². The van der Waals surface area contributed by atoms with Crippen molar-refractivity contribution >= 4 is 16.9 Å². The Labute approximate surface area is 102 Å². The van der Waals surface area contributed by atoms with Gasteiger partial charge in [-0.3, -0.25) is 4.79 Å². The van der Waals surface area contributed by atoms with Crippen LogP contribution in [0.5, 0.6) is 0 Å². The molecule has 1 aromatic heterocycles. The molecule has 0 aliphatic heterocycles. The van der Waals surface area contributed by atoms with Gasteiger partial charge in [0.05, 0.1) is 5.52 Å². The molecule has 2 rings (SSSR count). The number of benzene rings is 1. The molecule has 0 aliphatic rings. The summed E-state index contributed by atoms with van der Waals surface area (Å²) in [7, 11) is 0. The number of rotatable bonds is 3. The summed E-state index contributed by atoms with van der Waals surface area (Å²) in [5.74, 6) is -4.02. The molecule has 0 atom stereocenters. The Morgan fingerprint density at radius 1 is 1.28 bits per heavy atom. The zero-order valence-corrected chi connectivity index (χ0v) is 9.69. The topological polar surface area (TPSA) is 39.2 Å². The molecule has 0 saturated carbocycles. The van der Waals surface area contributed by atoms with Crippen LogP contribution in [0.2, 0.25) is 0 Å². The van der Waals surface area contributed by atoms with Crippen LogP contribution in [0.3, 0.4) is 0 Å². The predicted octanol–water partition coefficient (Wildman–Crippen LogP) is 2.89. The Morgan fingerprint density at radius 2 is 2.00 bits per heavy atom. The SMILES string of the molecule is CC(=O)OCC(F)(F)c1ccc2ccccc2n1. The number of fused-ring (bicyclic) bond motifs is 1. The van der Waals surface area contributed by atoms with Gasteiger partial charge in [-0.15, -0.1) is 0 Å². The summed E-state index contributed by atoms with van der Waals surface area (Å²) < 4.78 is 31.8. The molecule has 3 nitrogen and oxygen atoms in total. The molecule has 0 aliphatic carbocycles. The highest BCUT2D eigenvalue weighted by Gasteiger charge is 2.34. The second kappa shape index (κ2) is 4.68. The van der Waals surface area contributed by atoms with E-state index in [-0.39, 0.29) is 0 Å². The number of ether oxygens (including phenoxy) is 1. The van der Waals surface area contributed by atoms with Crippen LogP contribution in [0.1, 0.15) is 12.6 Å². The predicted molar refractivity (Wildman–Crippen MR) is 62.3 cm³/mol. The highest BCUT2D eigenvalue weighted by atomic mass is 19.3. The molecule has 0 fully saturated rings. The smallest absolute Gasteiger partial charge is 0.322 e. The summed E-state index contributed by atoms with van der Waals surface area (Å²) in [4.78, 5) is 14.4. The quantitative estimate of drug-likeness (QED) is 0.787. The summed E-state index contributed by atoms with van der Waals surface area (Å²) in [6.45, 7) is 0.0948. The number of aromatic nitrogens is 1. The van der Waals surface area contributed by atoms with Crippen LogP contribution in [0.25, 0.3) is 10.9 Å². The summed E-state index contributed by atoms with van der Waals surface area (Å²) >= 11 is 0. The maximum atomic E-state index is 13.7. The number of nitrogens with zero attached hydrogens (tertiary/aromatic N) is 1. The third-order valence-corrected chi connectivity index (χ3v) is 2.43. The van der Waals surface area contributed by atoms with Crippen LogP contribution < -0.4 is 0 Å². The molecule has 5 heteroatoms. The van der Waals surface area contributed by atoms with E-state index in [1.54, 1.807) is 30.3 Å². The van der Waals surface area contributed by atoms with E-state index in [0.717, 1.165) is 12.3 Å². The third kappa shape index (κ3) is 2.61. The number of alkyl halides is 2. The van der Waals surface area contributed by atoms with Crippen molar-refractivity contribution in [3.8, 4) is 0 Å². The van der Waals surface area contributed by atoms with Crippen molar-refractivity contribution in [2.45, 2.75) is 12.8 Å². The highest BCUT2D eigenvalue weighted by molar-refractivity contribution is 5.78. The highest BCUT2D eigenvalue weighted by Crippen LogP contribution is 2.28. The fourth-order valence-corrected chi connectivity index (χ4v) is 1.54. The second-order valence-corrected chi connectivity index (χ2v) is 3.87. The van der Waals surface area contributed by atoms with Gasteiger partial charge >= 0.3 is 11.9 Å². The van der Waals surface area contributed by atoms with Gasteiger partial charge < -0.3 is 4.74 Å². The number of esters is 1. The Balaban J connectivity index is 2.32. The zero-order chi connectivity index (χ0) is 13.2. The summed E-state index contributed by atoms with van der Waals surface area (Å²) in [5.41, 5.74) is 0.0833. The fourth-order valence-electron chi connectivity index (χ4n) is 1.54. The molecular weight excluding hydrogens is 240 g/mol. The lowest BCUT2D eigenvalue weighted by Crippen LogP contribution is -2.23. The van der Waals surface area contributed by atoms with Crippen LogP contribution in [0, 0.1) is 0 Å². The van der Waals surface area contributed by atoms with E-state index in [1.165, 1.54) is 6.07 Å². The van der Waals surface area contributed by atoms with Gasteiger partial charge in [0, 0.05) is 12.3 Å². The third-order valence-electron chi connectivity index (χ3n) is 2.43. The van der Waals surface area contributed by atoms with Gasteiger partial charge in [-0.2, -0.15) is 8.78 Å². The lowest BCUT2D eigenvalue weighted by Gasteiger charge is -2.15. The van der Waals surface area contributed by atoms with Crippen molar-refractivity contribution in [1.82, 2.24) is 4.98 Å². The largest absolute Gasteiger partial charge is 0.459 e. The minimum Gasteiger partial charge on any atom is -0.459 e. The van der Waals surface area contributed by atoms with Crippen molar-refractivity contribution in [3.63, 3.8) is 0 Å². The van der Waals surface area contributed by atoms with Gasteiger partial charge in [-0.05, 0) is 12.1 Å². The first-order valence-electron chi connectivity index (χ1n) is 5.36. The molecule has 0 saturated heterocycles. The van der Waals surface area contributed by atoms with Gasteiger partial charge in [0.1, 0.15) is 5.69 Å². The number of pyridine rings is 1. The van der Waals surface area contributed by atoms with Crippen LogP contribution in [0.4, 0.5) is 8.78 Å². The molecule has 1 heterocycles. The minimum absolute atomic E-state index is 0.401. The minimum atomic E-state index is -3.28. The van der Waals surface area contributed by atoms with E-state index < -0.39 is 24.2 Å². The molecule has 18 heavy (non-hydrogen) atoms. The molecule has 0 bridgehead atoms. The number of para-hydroxylation sites is 1. The van der Waals surface area contributed by atoms with Crippen molar-refractivity contribution in [2.24, 2.45) is 0 Å². The van der Waals surface area contributed by atoms with E-state index in [1.807, 2.05) is 0 Å². The Morgan fingerprint density at radius 3 is 2.72 bits per heavy atom. The molecule has 0 amide bonds. The molecule has 1 aromatic carbocycles. The number of carbonyl (C=O) groups excluding carboxylic acids is 1. The average molecular weight is 251 g/mol. The zero-order valence-electron chi connectivity index (χ0n) is 9.69. The van der Waals surface area contributed by atoms with Gasteiger partial charge in [0.2, 0.25) is 0 Å². The molecule has 0 N–H and O–H groups in total. The first-order valence-corrected chi connectivity index (χ1v) is 5.36. The lowest BCUT2D eigenvalue weighted by molar-refractivity contribution is -0.154. The number of carbonyl (C=O) groups is 1. The Hall–Kier alpha value is -2.04.